The maximum atomic E-state index is 12.2. The average molecular weight is 371 g/mol. The first-order chi connectivity index (χ1) is 11.1. The summed E-state index contributed by atoms with van der Waals surface area (Å²) in [5.74, 6) is -1.38. The molecule has 0 saturated carbocycles. The first-order valence-corrected chi connectivity index (χ1v) is 9.37. The van der Waals surface area contributed by atoms with Gasteiger partial charge < -0.3 is 10.5 Å². The molecule has 0 atom stereocenters. The summed E-state index contributed by atoms with van der Waals surface area (Å²) in [6, 6.07) is 10.1. The van der Waals surface area contributed by atoms with Gasteiger partial charge in [0, 0.05) is 5.69 Å². The van der Waals surface area contributed by atoms with Gasteiger partial charge in [0.15, 0.2) is 0 Å². The van der Waals surface area contributed by atoms with Crippen LogP contribution < -0.4 is 15.4 Å². The van der Waals surface area contributed by atoms with Crippen LogP contribution in [0.4, 0.5) is 5.69 Å². The standard InChI is InChI=1S/C13H13N3O6S2/c14-23(19,20)10-7-5-9(6-8-10)15-16-24(21,22)12-4-2-1-3-11(12)13(17)18/h1-8,15-16H,(H,17,18)(H2,14,19,20). The lowest BCUT2D eigenvalue weighted by molar-refractivity contribution is 0.0692. The van der Waals surface area contributed by atoms with Crippen molar-refractivity contribution < 1.29 is 26.7 Å². The first-order valence-electron chi connectivity index (χ1n) is 6.34. The quantitative estimate of drug-likeness (QED) is 0.533. The number of hydrogen-bond donors (Lipinski definition) is 4. The third-order valence-electron chi connectivity index (χ3n) is 2.92. The summed E-state index contributed by atoms with van der Waals surface area (Å²) in [7, 11) is -8.01. The van der Waals surface area contributed by atoms with Crippen molar-refractivity contribution in [2.45, 2.75) is 9.79 Å². The molecule has 2 aromatic rings. The summed E-state index contributed by atoms with van der Waals surface area (Å²) in [5, 5.41) is 14.0. The topological polar surface area (TPSA) is 156 Å². The van der Waals surface area contributed by atoms with Gasteiger partial charge in [-0.3, -0.25) is 0 Å². The van der Waals surface area contributed by atoms with Gasteiger partial charge in [0.05, 0.1) is 15.4 Å². The Morgan fingerprint density at radius 1 is 0.958 bits per heavy atom. The molecule has 2 aromatic carbocycles. The van der Waals surface area contributed by atoms with E-state index in [4.69, 9.17) is 10.2 Å². The highest BCUT2D eigenvalue weighted by atomic mass is 32.2. The molecule has 0 bridgehead atoms. The van der Waals surface area contributed by atoms with E-state index in [-0.39, 0.29) is 16.1 Å². The zero-order valence-corrected chi connectivity index (χ0v) is 13.6. The van der Waals surface area contributed by atoms with Gasteiger partial charge in [-0.2, -0.15) is 0 Å². The lowest BCUT2D eigenvalue weighted by Gasteiger charge is -2.11. The summed E-state index contributed by atoms with van der Waals surface area (Å²) >= 11 is 0. The molecule has 5 N–H and O–H groups in total. The van der Waals surface area contributed by atoms with Gasteiger partial charge in [0.1, 0.15) is 0 Å². The van der Waals surface area contributed by atoms with E-state index in [9.17, 15) is 21.6 Å². The van der Waals surface area contributed by atoms with Crippen molar-refractivity contribution in [2.24, 2.45) is 5.14 Å². The van der Waals surface area contributed by atoms with Gasteiger partial charge in [-0.15, -0.1) is 4.83 Å². The van der Waals surface area contributed by atoms with Crippen LogP contribution in [0.5, 0.6) is 0 Å². The SMILES string of the molecule is NS(=O)(=O)c1ccc(NNS(=O)(=O)c2ccccc2C(=O)O)cc1. The van der Waals surface area contributed by atoms with Crippen LogP contribution >= 0.6 is 0 Å². The molecule has 0 fully saturated rings. The fraction of sp³-hybridized carbons (Fsp3) is 0. The molecule has 11 heteroatoms. The molecule has 0 unspecified atom stereocenters. The Morgan fingerprint density at radius 3 is 2.08 bits per heavy atom. The van der Waals surface area contributed by atoms with Crippen molar-refractivity contribution in [3.05, 3.63) is 54.1 Å². The second-order valence-corrected chi connectivity index (χ2v) is 7.81. The number of nitrogens with two attached hydrogens (primary N) is 1. The minimum Gasteiger partial charge on any atom is -0.478 e. The zero-order chi connectivity index (χ0) is 18.0. The number of carboxylic acids is 1. The monoisotopic (exact) mass is 371 g/mol. The number of primary sulfonamides is 1. The van der Waals surface area contributed by atoms with Crippen LogP contribution in [-0.4, -0.2) is 27.9 Å². The number of carboxylic acid groups (broad SMARTS) is 1. The van der Waals surface area contributed by atoms with Crippen molar-refractivity contribution in [2.75, 3.05) is 5.43 Å². The van der Waals surface area contributed by atoms with Crippen LogP contribution in [0.2, 0.25) is 0 Å². The molecule has 0 aliphatic heterocycles. The Bertz CT molecular complexity index is 969. The molecular weight excluding hydrogens is 358 g/mol. The summed E-state index contributed by atoms with van der Waals surface area (Å²) in [6.07, 6.45) is 0. The number of aromatic carboxylic acids is 1. The van der Waals surface area contributed by atoms with E-state index in [1.807, 2.05) is 4.83 Å². The van der Waals surface area contributed by atoms with E-state index in [2.05, 4.69) is 5.43 Å². The lowest BCUT2D eigenvalue weighted by atomic mass is 10.2. The van der Waals surface area contributed by atoms with Crippen molar-refractivity contribution in [1.82, 2.24) is 4.83 Å². The van der Waals surface area contributed by atoms with Gasteiger partial charge >= 0.3 is 5.97 Å². The van der Waals surface area contributed by atoms with Crippen LogP contribution in [0.15, 0.2) is 58.3 Å². The van der Waals surface area contributed by atoms with E-state index < -0.39 is 30.9 Å². The minimum absolute atomic E-state index is 0.132. The van der Waals surface area contributed by atoms with Gasteiger partial charge in [-0.1, -0.05) is 12.1 Å². The third kappa shape index (κ3) is 4.08. The van der Waals surface area contributed by atoms with Gasteiger partial charge in [0.25, 0.3) is 10.0 Å². The number of anilines is 1. The second-order valence-electron chi connectivity index (χ2n) is 4.60. The Labute approximate surface area is 138 Å². The van der Waals surface area contributed by atoms with Crippen LogP contribution in [0.25, 0.3) is 0 Å². The molecular formula is C13H13N3O6S2. The van der Waals surface area contributed by atoms with E-state index >= 15 is 0 Å². The Balaban J connectivity index is 2.21. The number of benzene rings is 2. The van der Waals surface area contributed by atoms with E-state index in [0.717, 1.165) is 12.1 Å². The molecule has 0 radical (unpaired) electrons. The second kappa shape index (κ2) is 6.57. The smallest absolute Gasteiger partial charge is 0.337 e. The van der Waals surface area contributed by atoms with E-state index in [1.54, 1.807) is 0 Å². The Kier molecular flexibility index (Phi) is 4.89. The molecule has 0 heterocycles. The highest BCUT2D eigenvalue weighted by Crippen LogP contribution is 2.16. The van der Waals surface area contributed by atoms with Crippen LogP contribution in [0.3, 0.4) is 0 Å². The molecule has 2 rings (SSSR count). The Hall–Kier alpha value is -2.47. The minimum atomic E-state index is -4.16. The highest BCUT2D eigenvalue weighted by Gasteiger charge is 2.21. The normalized spacial score (nSPS) is 11.9. The number of rotatable bonds is 6. The van der Waals surface area contributed by atoms with Gasteiger partial charge in [0.2, 0.25) is 10.0 Å². The van der Waals surface area contributed by atoms with Crippen LogP contribution in [0.1, 0.15) is 10.4 Å². The van der Waals surface area contributed by atoms with E-state index in [1.165, 1.54) is 36.4 Å². The predicted octanol–water partition coefficient (Wildman–Crippen LogP) is 0.338. The zero-order valence-electron chi connectivity index (χ0n) is 12.0. The van der Waals surface area contributed by atoms with Gasteiger partial charge in [-0.05, 0) is 36.4 Å². The molecule has 128 valence electrons. The highest BCUT2D eigenvalue weighted by molar-refractivity contribution is 7.89. The molecule has 0 aliphatic rings. The number of hydrazine groups is 1. The van der Waals surface area contributed by atoms with E-state index in [0.29, 0.717) is 0 Å². The maximum absolute atomic E-state index is 12.2. The molecule has 0 aromatic heterocycles. The fourth-order valence-corrected chi connectivity index (χ4v) is 3.37. The molecule has 0 amide bonds. The number of nitrogens with one attached hydrogen (secondary N) is 2. The average Bonchev–Trinajstić information content (AvgIpc) is 2.52. The van der Waals surface area contributed by atoms with Crippen molar-refractivity contribution in [3.8, 4) is 0 Å². The maximum Gasteiger partial charge on any atom is 0.337 e. The first kappa shape index (κ1) is 17.9. The van der Waals surface area contributed by atoms with Crippen molar-refractivity contribution in [1.29, 1.82) is 0 Å². The molecule has 0 saturated heterocycles. The molecule has 9 nitrogen and oxygen atoms in total. The lowest BCUT2D eigenvalue weighted by Crippen LogP contribution is -2.30. The van der Waals surface area contributed by atoms with Crippen LogP contribution in [-0.2, 0) is 20.0 Å². The largest absolute Gasteiger partial charge is 0.478 e. The summed E-state index contributed by atoms with van der Waals surface area (Å²) in [4.78, 5) is 12.6. The molecule has 0 spiro atoms. The molecule has 24 heavy (non-hydrogen) atoms. The summed E-state index contributed by atoms with van der Waals surface area (Å²) in [6.45, 7) is 0. The van der Waals surface area contributed by atoms with Crippen LogP contribution in [0, 0.1) is 0 Å². The number of hydrogen-bond acceptors (Lipinski definition) is 6. The third-order valence-corrected chi connectivity index (χ3v) is 5.15. The van der Waals surface area contributed by atoms with Crippen molar-refractivity contribution >= 4 is 31.7 Å². The summed E-state index contributed by atoms with van der Waals surface area (Å²) < 4.78 is 46.7. The summed E-state index contributed by atoms with van der Waals surface area (Å²) in [5.41, 5.74) is 2.22. The number of sulfonamides is 2. The fourth-order valence-electron chi connectivity index (χ4n) is 1.79. The number of carbonyl (C=O) groups is 1. The molecule has 0 aliphatic carbocycles. The van der Waals surface area contributed by atoms with Crippen molar-refractivity contribution in [3.63, 3.8) is 0 Å². The van der Waals surface area contributed by atoms with Gasteiger partial charge in [-0.25, -0.2) is 26.8 Å². The predicted molar refractivity (Wildman–Crippen MR) is 85.2 cm³/mol. The Morgan fingerprint density at radius 2 is 1.54 bits per heavy atom.